The second-order valence-electron chi connectivity index (χ2n) is 5.88. The fraction of sp³-hybridized carbons (Fsp3) is 0.933. The standard InChI is InChI=1S/C15H33N3O2/c1-7-20-15(19)14(16-4)8-9-18(12-13(2)3)11-10-17(5)6/h13-14,16H,7-12H2,1-6H3. The van der Waals surface area contributed by atoms with Gasteiger partial charge in [-0.15, -0.1) is 0 Å². The molecule has 0 radical (unpaired) electrons. The van der Waals surface area contributed by atoms with Crippen LogP contribution in [0.5, 0.6) is 0 Å². The lowest BCUT2D eigenvalue weighted by molar-refractivity contribution is -0.145. The van der Waals surface area contributed by atoms with Gasteiger partial charge in [0, 0.05) is 26.2 Å². The molecule has 0 aliphatic carbocycles. The molecule has 0 aliphatic heterocycles. The Morgan fingerprint density at radius 1 is 1.20 bits per heavy atom. The minimum absolute atomic E-state index is 0.146. The summed E-state index contributed by atoms with van der Waals surface area (Å²) in [6.45, 7) is 10.8. The molecule has 0 saturated carbocycles. The molecule has 0 aromatic rings. The van der Waals surface area contributed by atoms with Gasteiger partial charge in [0.1, 0.15) is 6.04 Å². The summed E-state index contributed by atoms with van der Waals surface area (Å²) in [5.41, 5.74) is 0. The summed E-state index contributed by atoms with van der Waals surface area (Å²) in [4.78, 5) is 16.4. The molecule has 0 bridgehead atoms. The molecule has 0 heterocycles. The Balaban J connectivity index is 4.29. The molecule has 1 N–H and O–H groups in total. The van der Waals surface area contributed by atoms with Gasteiger partial charge < -0.3 is 19.9 Å². The van der Waals surface area contributed by atoms with Crippen molar-refractivity contribution in [1.29, 1.82) is 0 Å². The van der Waals surface area contributed by atoms with E-state index in [9.17, 15) is 4.79 Å². The van der Waals surface area contributed by atoms with Gasteiger partial charge in [0.25, 0.3) is 0 Å². The van der Waals surface area contributed by atoms with E-state index < -0.39 is 0 Å². The maximum Gasteiger partial charge on any atom is 0.323 e. The molecule has 120 valence electrons. The maximum atomic E-state index is 11.8. The molecule has 1 unspecified atom stereocenters. The van der Waals surface area contributed by atoms with Gasteiger partial charge in [0.05, 0.1) is 6.61 Å². The monoisotopic (exact) mass is 287 g/mol. The maximum absolute atomic E-state index is 11.8. The van der Waals surface area contributed by atoms with Crippen LogP contribution in [0.1, 0.15) is 27.2 Å². The van der Waals surface area contributed by atoms with Crippen LogP contribution in [0.3, 0.4) is 0 Å². The van der Waals surface area contributed by atoms with E-state index in [0.29, 0.717) is 12.5 Å². The van der Waals surface area contributed by atoms with Crippen molar-refractivity contribution >= 4 is 5.97 Å². The van der Waals surface area contributed by atoms with E-state index >= 15 is 0 Å². The molecule has 0 fully saturated rings. The third-order valence-electron chi connectivity index (χ3n) is 3.14. The molecule has 0 amide bonds. The van der Waals surface area contributed by atoms with E-state index in [1.807, 2.05) is 14.0 Å². The van der Waals surface area contributed by atoms with E-state index in [2.05, 4.69) is 43.1 Å². The van der Waals surface area contributed by atoms with Crippen molar-refractivity contribution in [3.05, 3.63) is 0 Å². The molecule has 20 heavy (non-hydrogen) atoms. The highest BCUT2D eigenvalue weighted by molar-refractivity contribution is 5.75. The summed E-state index contributed by atoms with van der Waals surface area (Å²) in [5, 5.41) is 3.05. The van der Waals surface area contributed by atoms with Crippen molar-refractivity contribution in [3.8, 4) is 0 Å². The third-order valence-corrected chi connectivity index (χ3v) is 3.14. The first-order chi connectivity index (χ1) is 9.40. The number of nitrogens with one attached hydrogen (secondary N) is 1. The van der Waals surface area contributed by atoms with E-state index in [0.717, 1.165) is 32.6 Å². The summed E-state index contributed by atoms with van der Waals surface area (Å²) in [6.07, 6.45) is 0.787. The second-order valence-corrected chi connectivity index (χ2v) is 5.88. The quantitative estimate of drug-likeness (QED) is 0.576. The SMILES string of the molecule is CCOC(=O)C(CCN(CCN(C)C)CC(C)C)NC. The predicted molar refractivity (Wildman–Crippen MR) is 83.9 cm³/mol. The molecule has 0 aliphatic rings. The highest BCUT2D eigenvalue weighted by atomic mass is 16.5. The predicted octanol–water partition coefficient (Wildman–Crippen LogP) is 1.05. The van der Waals surface area contributed by atoms with Crippen LogP contribution in [0, 0.1) is 5.92 Å². The smallest absolute Gasteiger partial charge is 0.323 e. The van der Waals surface area contributed by atoms with Gasteiger partial charge in [-0.25, -0.2) is 0 Å². The van der Waals surface area contributed by atoms with Gasteiger partial charge in [0.2, 0.25) is 0 Å². The topological polar surface area (TPSA) is 44.8 Å². The van der Waals surface area contributed by atoms with E-state index in [4.69, 9.17) is 4.74 Å². The summed E-state index contributed by atoms with van der Waals surface area (Å²) in [7, 11) is 5.99. The number of esters is 1. The van der Waals surface area contributed by atoms with Gasteiger partial charge in [-0.2, -0.15) is 0 Å². The van der Waals surface area contributed by atoms with Crippen LogP contribution in [0.4, 0.5) is 0 Å². The fourth-order valence-electron chi connectivity index (χ4n) is 2.09. The minimum Gasteiger partial charge on any atom is -0.465 e. The van der Waals surface area contributed by atoms with E-state index in [1.165, 1.54) is 0 Å². The zero-order valence-corrected chi connectivity index (χ0v) is 14.1. The number of rotatable bonds is 11. The zero-order chi connectivity index (χ0) is 15.5. The van der Waals surface area contributed by atoms with Crippen LogP contribution in [-0.4, -0.2) is 75.7 Å². The first kappa shape index (κ1) is 19.4. The van der Waals surface area contributed by atoms with Crippen molar-refractivity contribution in [2.45, 2.75) is 33.2 Å². The van der Waals surface area contributed by atoms with Crippen LogP contribution in [-0.2, 0) is 9.53 Å². The van der Waals surface area contributed by atoms with E-state index in [1.54, 1.807) is 0 Å². The summed E-state index contributed by atoms with van der Waals surface area (Å²) in [5.74, 6) is 0.486. The molecule has 0 rings (SSSR count). The number of carbonyl (C=O) groups excluding carboxylic acids is 1. The average molecular weight is 287 g/mol. The molecule has 0 spiro atoms. The van der Waals surface area contributed by atoms with Crippen molar-refractivity contribution < 1.29 is 9.53 Å². The minimum atomic E-state index is -0.205. The Kier molecular flexibility index (Phi) is 10.7. The first-order valence-corrected chi connectivity index (χ1v) is 7.61. The van der Waals surface area contributed by atoms with Crippen molar-refractivity contribution in [2.75, 3.05) is 53.9 Å². The van der Waals surface area contributed by atoms with Crippen LogP contribution in [0.15, 0.2) is 0 Å². The molecular weight excluding hydrogens is 254 g/mol. The number of hydrogen-bond donors (Lipinski definition) is 1. The normalized spacial score (nSPS) is 13.2. The summed E-state index contributed by atoms with van der Waals surface area (Å²) < 4.78 is 5.08. The lowest BCUT2D eigenvalue weighted by atomic mass is 10.1. The zero-order valence-electron chi connectivity index (χ0n) is 14.1. The fourth-order valence-corrected chi connectivity index (χ4v) is 2.09. The van der Waals surface area contributed by atoms with Crippen LogP contribution >= 0.6 is 0 Å². The molecule has 0 aromatic heterocycles. The number of likely N-dealkylation sites (N-methyl/N-ethyl adjacent to an activating group) is 2. The first-order valence-electron chi connectivity index (χ1n) is 7.61. The Morgan fingerprint density at radius 3 is 2.30 bits per heavy atom. The lowest BCUT2D eigenvalue weighted by Crippen LogP contribution is -2.41. The molecule has 0 saturated heterocycles. The van der Waals surface area contributed by atoms with Crippen molar-refractivity contribution in [3.63, 3.8) is 0 Å². The Labute approximate surface area is 124 Å². The van der Waals surface area contributed by atoms with Crippen LogP contribution in [0.25, 0.3) is 0 Å². The van der Waals surface area contributed by atoms with Gasteiger partial charge in [0.15, 0.2) is 0 Å². The van der Waals surface area contributed by atoms with Gasteiger partial charge in [-0.1, -0.05) is 13.8 Å². The number of carbonyl (C=O) groups is 1. The van der Waals surface area contributed by atoms with Gasteiger partial charge in [-0.3, -0.25) is 4.79 Å². The second kappa shape index (κ2) is 11.1. The Bertz CT molecular complexity index is 258. The average Bonchev–Trinajstić information content (AvgIpc) is 2.36. The lowest BCUT2D eigenvalue weighted by Gasteiger charge is -2.27. The highest BCUT2D eigenvalue weighted by Crippen LogP contribution is 2.03. The highest BCUT2D eigenvalue weighted by Gasteiger charge is 2.19. The van der Waals surface area contributed by atoms with Crippen molar-refractivity contribution in [2.24, 2.45) is 5.92 Å². The molecule has 5 nitrogen and oxygen atoms in total. The third kappa shape index (κ3) is 9.28. The van der Waals surface area contributed by atoms with Gasteiger partial charge in [-0.05, 0) is 40.4 Å². The Morgan fingerprint density at radius 2 is 1.85 bits per heavy atom. The number of nitrogens with zero attached hydrogens (tertiary/aromatic N) is 2. The van der Waals surface area contributed by atoms with Crippen LogP contribution in [0.2, 0.25) is 0 Å². The van der Waals surface area contributed by atoms with Crippen molar-refractivity contribution in [1.82, 2.24) is 15.1 Å². The number of ether oxygens (including phenoxy) is 1. The molecule has 5 heteroatoms. The molecule has 0 aromatic carbocycles. The number of hydrogen-bond acceptors (Lipinski definition) is 5. The summed E-state index contributed by atoms with van der Waals surface area (Å²) >= 11 is 0. The molecule has 1 atom stereocenters. The molecular formula is C15H33N3O2. The largest absolute Gasteiger partial charge is 0.465 e. The summed E-state index contributed by atoms with van der Waals surface area (Å²) in [6, 6.07) is -0.205. The van der Waals surface area contributed by atoms with E-state index in [-0.39, 0.29) is 12.0 Å². The Hall–Kier alpha value is -0.650. The van der Waals surface area contributed by atoms with Gasteiger partial charge >= 0.3 is 5.97 Å². The van der Waals surface area contributed by atoms with Crippen LogP contribution < -0.4 is 5.32 Å².